The number of rotatable bonds is 2. The molecule has 3 unspecified atom stereocenters. The molecule has 1 aromatic carbocycles. The first-order chi connectivity index (χ1) is 15.6. The normalized spacial score (nSPS) is 28.9. The molecule has 2 saturated heterocycles. The lowest BCUT2D eigenvalue weighted by molar-refractivity contribution is -0.209. The van der Waals surface area contributed by atoms with Gasteiger partial charge in [0.05, 0.1) is 12.0 Å². The van der Waals surface area contributed by atoms with E-state index in [1.54, 1.807) is 12.1 Å². The molecule has 4 aliphatic heterocycles. The molecule has 0 aromatic heterocycles. The molecule has 9 nitrogen and oxygen atoms in total. The zero-order valence-electron chi connectivity index (χ0n) is 17.3. The average molecular weight is 467 g/mol. The number of carbonyl (C=O) groups excluding carboxylic acids is 4. The van der Waals surface area contributed by atoms with Crippen molar-refractivity contribution in [3.63, 3.8) is 0 Å². The van der Waals surface area contributed by atoms with Gasteiger partial charge in [-0.25, -0.2) is 4.79 Å². The summed E-state index contributed by atoms with van der Waals surface area (Å²) in [5, 5.41) is 5.20. The number of esters is 1. The Morgan fingerprint density at radius 2 is 2.03 bits per heavy atom. The van der Waals surface area contributed by atoms with Crippen LogP contribution in [0.1, 0.15) is 40.7 Å². The number of alkyl halides is 3. The van der Waals surface area contributed by atoms with E-state index in [1.165, 1.54) is 4.90 Å². The molecular weight excluding hydrogens is 447 g/mol. The van der Waals surface area contributed by atoms with Crippen LogP contribution in [0.3, 0.4) is 0 Å². The third kappa shape index (κ3) is 3.35. The highest BCUT2D eigenvalue weighted by molar-refractivity contribution is 6.05. The van der Waals surface area contributed by atoms with Crippen molar-refractivity contribution in [3.05, 3.63) is 28.8 Å². The first-order valence-corrected chi connectivity index (χ1v) is 10.5. The van der Waals surface area contributed by atoms with Gasteiger partial charge in [-0.2, -0.15) is 13.2 Å². The van der Waals surface area contributed by atoms with Gasteiger partial charge in [-0.15, -0.1) is 0 Å². The van der Waals surface area contributed by atoms with Crippen molar-refractivity contribution in [2.24, 2.45) is 0 Å². The quantitative estimate of drug-likeness (QED) is 0.482. The SMILES string of the molecule is O=C1CCC(N2Cc3c(ccc4c3OCC43CCNCC3OC(=O)C(F)(F)F)C2=O)C(=O)N1. The van der Waals surface area contributed by atoms with Gasteiger partial charge in [-0.05, 0) is 25.5 Å². The zero-order valence-corrected chi connectivity index (χ0v) is 17.3. The summed E-state index contributed by atoms with van der Waals surface area (Å²) in [5.74, 6) is -3.19. The number of piperidine rings is 2. The second-order valence-corrected chi connectivity index (χ2v) is 8.66. The maximum Gasteiger partial charge on any atom is 0.490 e. The van der Waals surface area contributed by atoms with Gasteiger partial charge in [0, 0.05) is 29.7 Å². The molecule has 33 heavy (non-hydrogen) atoms. The predicted octanol–water partition coefficient (Wildman–Crippen LogP) is 0.545. The lowest BCUT2D eigenvalue weighted by Crippen LogP contribution is -2.55. The van der Waals surface area contributed by atoms with Crippen molar-refractivity contribution in [2.75, 3.05) is 19.7 Å². The number of hydrogen-bond acceptors (Lipinski definition) is 7. The number of amides is 3. The van der Waals surface area contributed by atoms with Crippen LogP contribution in [0.5, 0.6) is 5.75 Å². The highest BCUT2D eigenvalue weighted by atomic mass is 19.4. The molecule has 0 aliphatic carbocycles. The highest BCUT2D eigenvalue weighted by Crippen LogP contribution is 2.50. The van der Waals surface area contributed by atoms with Crippen molar-refractivity contribution in [2.45, 2.75) is 49.5 Å². The largest absolute Gasteiger partial charge is 0.492 e. The van der Waals surface area contributed by atoms with Gasteiger partial charge < -0.3 is 19.7 Å². The Morgan fingerprint density at radius 3 is 2.76 bits per heavy atom. The van der Waals surface area contributed by atoms with Crippen molar-refractivity contribution < 1.29 is 41.8 Å². The molecule has 0 saturated carbocycles. The summed E-state index contributed by atoms with van der Waals surface area (Å²) >= 11 is 0. The first-order valence-electron chi connectivity index (χ1n) is 10.5. The summed E-state index contributed by atoms with van der Waals surface area (Å²) in [5.41, 5.74) is 0.481. The van der Waals surface area contributed by atoms with Gasteiger partial charge in [-0.3, -0.25) is 19.7 Å². The minimum absolute atomic E-state index is 0.00285. The van der Waals surface area contributed by atoms with E-state index in [0.717, 1.165) is 0 Å². The highest BCUT2D eigenvalue weighted by Gasteiger charge is 2.54. The maximum absolute atomic E-state index is 13.0. The second kappa shape index (κ2) is 7.44. The molecule has 3 atom stereocenters. The van der Waals surface area contributed by atoms with Crippen LogP contribution in [0.4, 0.5) is 13.2 Å². The van der Waals surface area contributed by atoms with E-state index < -0.39 is 41.5 Å². The Hall–Kier alpha value is -3.15. The maximum atomic E-state index is 13.0. The van der Waals surface area contributed by atoms with E-state index in [-0.39, 0.29) is 38.4 Å². The fourth-order valence-corrected chi connectivity index (χ4v) is 5.17. The standard InChI is InChI=1S/C21H20F3N3O6/c22-21(23,24)19(31)33-14-7-25-6-5-20(14)9-32-16-11-8-27(13-3-4-15(28)26-17(13)29)18(30)10(11)1-2-12(16)20/h1-2,13-14,25H,3-9H2,(H,26,28,29). The molecule has 5 rings (SSSR count). The summed E-state index contributed by atoms with van der Waals surface area (Å²) < 4.78 is 49.3. The molecule has 1 spiro atoms. The van der Waals surface area contributed by atoms with Gasteiger partial charge in [0.1, 0.15) is 24.5 Å². The van der Waals surface area contributed by atoms with E-state index in [9.17, 15) is 32.3 Å². The smallest absolute Gasteiger partial charge is 0.490 e. The van der Waals surface area contributed by atoms with Crippen LogP contribution in [-0.4, -0.2) is 66.6 Å². The summed E-state index contributed by atoms with van der Waals surface area (Å²) in [4.78, 5) is 49.7. The van der Waals surface area contributed by atoms with Crippen LogP contribution in [0.15, 0.2) is 12.1 Å². The lowest BCUT2D eigenvalue weighted by atomic mass is 9.72. The van der Waals surface area contributed by atoms with Crippen molar-refractivity contribution in [3.8, 4) is 5.75 Å². The Balaban J connectivity index is 1.46. The number of nitrogens with zero attached hydrogens (tertiary/aromatic N) is 1. The molecule has 12 heteroatoms. The lowest BCUT2D eigenvalue weighted by Gasteiger charge is -2.40. The average Bonchev–Trinajstić information content (AvgIpc) is 3.28. The van der Waals surface area contributed by atoms with Crippen LogP contribution in [0.2, 0.25) is 0 Å². The Labute approximate surface area is 185 Å². The molecule has 176 valence electrons. The summed E-state index contributed by atoms with van der Waals surface area (Å²) in [6.07, 6.45) is -5.53. The molecule has 2 fully saturated rings. The van der Waals surface area contributed by atoms with Crippen LogP contribution < -0.4 is 15.4 Å². The van der Waals surface area contributed by atoms with Crippen LogP contribution in [0, 0.1) is 0 Å². The Bertz CT molecular complexity index is 1070. The minimum Gasteiger partial charge on any atom is -0.492 e. The van der Waals surface area contributed by atoms with Crippen LogP contribution in [0.25, 0.3) is 0 Å². The third-order valence-electron chi connectivity index (χ3n) is 6.85. The van der Waals surface area contributed by atoms with Gasteiger partial charge in [0.25, 0.3) is 5.91 Å². The monoisotopic (exact) mass is 467 g/mol. The van der Waals surface area contributed by atoms with Crippen molar-refractivity contribution in [1.82, 2.24) is 15.5 Å². The molecule has 4 aliphatic rings. The molecular formula is C21H20F3N3O6. The number of halogens is 3. The minimum atomic E-state index is -5.12. The van der Waals surface area contributed by atoms with Gasteiger partial charge in [0.15, 0.2) is 0 Å². The first kappa shape index (κ1) is 21.7. The number of imide groups is 1. The molecule has 0 bridgehead atoms. The van der Waals surface area contributed by atoms with Crippen molar-refractivity contribution >= 4 is 23.7 Å². The fraction of sp³-hybridized carbons (Fsp3) is 0.524. The van der Waals surface area contributed by atoms with E-state index in [2.05, 4.69) is 10.6 Å². The van der Waals surface area contributed by atoms with E-state index in [4.69, 9.17) is 9.47 Å². The number of hydrogen-bond donors (Lipinski definition) is 2. The van der Waals surface area contributed by atoms with E-state index >= 15 is 0 Å². The van der Waals surface area contributed by atoms with Gasteiger partial charge >= 0.3 is 12.1 Å². The second-order valence-electron chi connectivity index (χ2n) is 8.66. The number of ether oxygens (including phenoxy) is 2. The van der Waals surface area contributed by atoms with Crippen LogP contribution in [-0.2, 0) is 31.1 Å². The van der Waals surface area contributed by atoms with E-state index in [1.807, 2.05) is 0 Å². The molecule has 3 amide bonds. The zero-order chi connectivity index (χ0) is 23.5. The van der Waals surface area contributed by atoms with Crippen molar-refractivity contribution in [1.29, 1.82) is 0 Å². The summed E-state index contributed by atoms with van der Waals surface area (Å²) in [7, 11) is 0. The predicted molar refractivity (Wildman–Crippen MR) is 103 cm³/mol. The third-order valence-corrected chi connectivity index (χ3v) is 6.85. The molecule has 2 N–H and O–H groups in total. The number of nitrogens with one attached hydrogen (secondary N) is 2. The number of carbonyl (C=O) groups is 4. The number of fused-ring (bicyclic) bond motifs is 4. The van der Waals surface area contributed by atoms with Crippen LogP contribution >= 0.6 is 0 Å². The van der Waals surface area contributed by atoms with E-state index in [0.29, 0.717) is 35.4 Å². The number of benzene rings is 1. The van der Waals surface area contributed by atoms with Gasteiger partial charge in [0.2, 0.25) is 11.8 Å². The Morgan fingerprint density at radius 1 is 1.24 bits per heavy atom. The molecule has 0 radical (unpaired) electrons. The Kier molecular flexibility index (Phi) is 4.89. The topological polar surface area (TPSA) is 114 Å². The summed E-state index contributed by atoms with van der Waals surface area (Å²) in [6.45, 7) is 0.595. The van der Waals surface area contributed by atoms with Gasteiger partial charge in [-0.1, -0.05) is 6.07 Å². The summed E-state index contributed by atoms with van der Waals surface area (Å²) in [6, 6.07) is 2.41. The molecule has 4 heterocycles. The fourth-order valence-electron chi connectivity index (χ4n) is 5.17. The molecule has 1 aromatic rings.